The number of rotatable bonds is 2. The summed E-state index contributed by atoms with van der Waals surface area (Å²) >= 11 is 18.0. The average Bonchev–Trinajstić information content (AvgIpc) is 2.87. The van der Waals surface area contributed by atoms with Gasteiger partial charge < -0.3 is 9.84 Å². The van der Waals surface area contributed by atoms with E-state index in [9.17, 15) is 5.11 Å². The molecule has 1 aromatic carbocycles. The number of hydrogen-bond donors (Lipinski definition) is 1. The molecule has 2 aliphatic rings. The SMILES string of the molecule is OC1CC(Oc2cc(Cl)c(Cl)cc2Cl)C12CCCC2. The van der Waals surface area contributed by atoms with E-state index in [0.29, 0.717) is 27.2 Å². The zero-order valence-electron chi connectivity index (χ0n) is 10.3. The van der Waals surface area contributed by atoms with Crippen LogP contribution in [0.5, 0.6) is 5.75 Å². The Morgan fingerprint density at radius 3 is 2.32 bits per heavy atom. The molecule has 1 N–H and O–H groups in total. The molecular weight excluding hydrogens is 307 g/mol. The molecule has 5 heteroatoms. The molecule has 2 aliphatic carbocycles. The fourth-order valence-electron chi connectivity index (χ4n) is 3.33. The van der Waals surface area contributed by atoms with Crippen molar-refractivity contribution in [2.75, 3.05) is 0 Å². The van der Waals surface area contributed by atoms with Crippen LogP contribution in [0.3, 0.4) is 0 Å². The van der Waals surface area contributed by atoms with E-state index in [1.54, 1.807) is 12.1 Å². The summed E-state index contributed by atoms with van der Waals surface area (Å²) in [6.45, 7) is 0. The zero-order chi connectivity index (χ0) is 13.6. The number of benzene rings is 1. The number of aliphatic hydroxyl groups excluding tert-OH is 1. The van der Waals surface area contributed by atoms with Crippen LogP contribution in [0.1, 0.15) is 32.1 Å². The minimum absolute atomic E-state index is 0.0275. The van der Waals surface area contributed by atoms with E-state index >= 15 is 0 Å². The van der Waals surface area contributed by atoms with E-state index in [1.165, 1.54) is 0 Å². The number of ether oxygens (including phenoxy) is 1. The first kappa shape index (κ1) is 13.8. The molecule has 2 saturated carbocycles. The minimum atomic E-state index is -0.249. The Morgan fingerprint density at radius 1 is 1.05 bits per heavy atom. The third-order valence-corrected chi connectivity index (χ3v) is 5.54. The van der Waals surface area contributed by atoms with Gasteiger partial charge in [-0.15, -0.1) is 0 Å². The number of hydrogen-bond acceptors (Lipinski definition) is 2. The van der Waals surface area contributed by atoms with Gasteiger partial charge in [-0.25, -0.2) is 0 Å². The topological polar surface area (TPSA) is 29.5 Å². The number of aliphatic hydroxyl groups is 1. The summed E-state index contributed by atoms with van der Waals surface area (Å²) in [5.41, 5.74) is -0.0740. The van der Waals surface area contributed by atoms with Gasteiger partial charge in [-0.1, -0.05) is 47.6 Å². The van der Waals surface area contributed by atoms with Gasteiger partial charge in [-0.3, -0.25) is 0 Å². The molecule has 0 amide bonds. The van der Waals surface area contributed by atoms with Gasteiger partial charge in [-0.2, -0.15) is 0 Å². The second-order valence-corrected chi connectivity index (χ2v) is 6.72. The van der Waals surface area contributed by atoms with Gasteiger partial charge in [0.25, 0.3) is 0 Å². The van der Waals surface area contributed by atoms with E-state index < -0.39 is 0 Å². The van der Waals surface area contributed by atoms with E-state index in [4.69, 9.17) is 39.5 Å². The monoisotopic (exact) mass is 320 g/mol. The van der Waals surface area contributed by atoms with Gasteiger partial charge >= 0.3 is 0 Å². The second kappa shape index (κ2) is 5.00. The molecule has 0 heterocycles. The Labute approximate surface area is 127 Å². The van der Waals surface area contributed by atoms with Crippen LogP contribution in [0.4, 0.5) is 0 Å². The molecule has 104 valence electrons. The molecule has 1 aromatic rings. The van der Waals surface area contributed by atoms with Crippen molar-refractivity contribution in [3.05, 3.63) is 27.2 Å². The Kier molecular flexibility index (Phi) is 3.63. The highest BCUT2D eigenvalue weighted by molar-refractivity contribution is 6.43. The molecule has 0 saturated heterocycles. The minimum Gasteiger partial charge on any atom is -0.488 e. The highest BCUT2D eigenvalue weighted by Crippen LogP contribution is 2.55. The number of halogens is 3. The highest BCUT2D eigenvalue weighted by atomic mass is 35.5. The molecule has 0 bridgehead atoms. The molecule has 0 aliphatic heterocycles. The molecule has 2 nitrogen and oxygen atoms in total. The van der Waals surface area contributed by atoms with Crippen LogP contribution in [0.25, 0.3) is 0 Å². The molecule has 0 aromatic heterocycles. The lowest BCUT2D eigenvalue weighted by atomic mass is 9.62. The van der Waals surface area contributed by atoms with Crippen molar-refractivity contribution in [2.45, 2.75) is 44.3 Å². The molecule has 3 rings (SSSR count). The molecule has 19 heavy (non-hydrogen) atoms. The maximum atomic E-state index is 10.1. The molecule has 2 atom stereocenters. The van der Waals surface area contributed by atoms with E-state index in [-0.39, 0.29) is 17.6 Å². The lowest BCUT2D eigenvalue weighted by Crippen LogP contribution is -2.58. The van der Waals surface area contributed by atoms with Crippen LogP contribution in [0.2, 0.25) is 15.1 Å². The summed E-state index contributed by atoms with van der Waals surface area (Å²) in [6.07, 6.45) is 4.81. The summed E-state index contributed by atoms with van der Waals surface area (Å²) in [5, 5.41) is 11.4. The maximum Gasteiger partial charge on any atom is 0.139 e. The van der Waals surface area contributed by atoms with Crippen molar-refractivity contribution < 1.29 is 9.84 Å². The van der Waals surface area contributed by atoms with Crippen LogP contribution < -0.4 is 4.74 Å². The third kappa shape index (κ3) is 2.23. The predicted molar refractivity (Wildman–Crippen MR) is 77.4 cm³/mol. The Morgan fingerprint density at radius 2 is 1.68 bits per heavy atom. The predicted octanol–water partition coefficient (Wildman–Crippen LogP) is 4.72. The van der Waals surface area contributed by atoms with Crippen molar-refractivity contribution in [1.82, 2.24) is 0 Å². The van der Waals surface area contributed by atoms with Crippen LogP contribution in [-0.2, 0) is 0 Å². The van der Waals surface area contributed by atoms with Crippen molar-refractivity contribution in [3.8, 4) is 5.75 Å². The van der Waals surface area contributed by atoms with Gasteiger partial charge in [-0.05, 0) is 18.9 Å². The van der Waals surface area contributed by atoms with Gasteiger partial charge in [0.2, 0.25) is 0 Å². The van der Waals surface area contributed by atoms with Crippen molar-refractivity contribution in [2.24, 2.45) is 5.41 Å². The summed E-state index contributed by atoms with van der Waals surface area (Å²) < 4.78 is 5.99. The van der Waals surface area contributed by atoms with Crippen LogP contribution in [-0.4, -0.2) is 17.3 Å². The average molecular weight is 322 g/mol. The van der Waals surface area contributed by atoms with Crippen LogP contribution in [0, 0.1) is 5.41 Å². The Hall–Kier alpha value is -0.150. The first-order valence-electron chi connectivity index (χ1n) is 6.52. The lowest BCUT2D eigenvalue weighted by molar-refractivity contribution is -0.151. The quantitative estimate of drug-likeness (QED) is 0.799. The summed E-state index contributed by atoms with van der Waals surface area (Å²) in [6, 6.07) is 3.25. The standard InChI is InChI=1S/C14H15Cl3O2/c15-8-5-10(17)11(6-9(8)16)19-13-7-12(18)14(13)3-1-2-4-14/h5-6,12-13,18H,1-4,7H2. The second-order valence-electron chi connectivity index (χ2n) is 5.50. The maximum absolute atomic E-state index is 10.1. The fraction of sp³-hybridized carbons (Fsp3) is 0.571. The molecule has 2 fully saturated rings. The third-order valence-electron chi connectivity index (χ3n) is 4.52. The smallest absolute Gasteiger partial charge is 0.139 e. The van der Waals surface area contributed by atoms with Crippen LogP contribution >= 0.6 is 34.8 Å². The Bertz CT molecular complexity index is 498. The van der Waals surface area contributed by atoms with Crippen molar-refractivity contribution >= 4 is 34.8 Å². The first-order valence-corrected chi connectivity index (χ1v) is 7.65. The summed E-state index contributed by atoms with van der Waals surface area (Å²) in [5.74, 6) is 0.555. The highest BCUT2D eigenvalue weighted by Gasteiger charge is 2.57. The normalized spacial score (nSPS) is 28.4. The van der Waals surface area contributed by atoms with Gasteiger partial charge in [0, 0.05) is 17.9 Å². The van der Waals surface area contributed by atoms with E-state index in [2.05, 4.69) is 0 Å². The van der Waals surface area contributed by atoms with Gasteiger partial charge in [0.15, 0.2) is 0 Å². The van der Waals surface area contributed by atoms with E-state index in [1.807, 2.05) is 0 Å². The molecule has 2 unspecified atom stereocenters. The van der Waals surface area contributed by atoms with E-state index in [0.717, 1.165) is 25.7 Å². The lowest BCUT2D eigenvalue weighted by Gasteiger charge is -2.51. The zero-order valence-corrected chi connectivity index (χ0v) is 12.6. The Balaban J connectivity index is 1.81. The van der Waals surface area contributed by atoms with Crippen molar-refractivity contribution in [1.29, 1.82) is 0 Å². The summed E-state index contributed by atoms with van der Waals surface area (Å²) in [4.78, 5) is 0. The first-order chi connectivity index (χ1) is 9.03. The molecule has 0 radical (unpaired) electrons. The fourth-order valence-corrected chi connectivity index (χ4v) is 3.91. The van der Waals surface area contributed by atoms with Gasteiger partial charge in [0.05, 0.1) is 21.2 Å². The molecular formula is C14H15Cl3O2. The van der Waals surface area contributed by atoms with Crippen molar-refractivity contribution in [3.63, 3.8) is 0 Å². The molecule has 1 spiro atoms. The largest absolute Gasteiger partial charge is 0.488 e. The summed E-state index contributed by atoms with van der Waals surface area (Å²) in [7, 11) is 0. The van der Waals surface area contributed by atoms with Crippen LogP contribution in [0.15, 0.2) is 12.1 Å². The van der Waals surface area contributed by atoms with Gasteiger partial charge in [0.1, 0.15) is 11.9 Å².